The first-order valence-electron chi connectivity index (χ1n) is 5.37. The predicted molar refractivity (Wildman–Crippen MR) is 68.8 cm³/mol. The second-order valence-electron chi connectivity index (χ2n) is 3.86. The summed E-state index contributed by atoms with van der Waals surface area (Å²) in [5.41, 5.74) is 1.74. The molecule has 6 nitrogen and oxygen atoms in total. The highest BCUT2D eigenvalue weighted by Gasteiger charge is 2.10. The van der Waals surface area contributed by atoms with Crippen molar-refractivity contribution in [3.63, 3.8) is 0 Å². The van der Waals surface area contributed by atoms with Crippen molar-refractivity contribution in [3.8, 4) is 0 Å². The van der Waals surface area contributed by atoms with Gasteiger partial charge in [-0.05, 0) is 18.2 Å². The van der Waals surface area contributed by atoms with Crippen molar-refractivity contribution in [1.82, 2.24) is 25.0 Å². The topological polar surface area (TPSA) is 68.5 Å². The average molecular weight is 279 g/mol. The Kier molecular flexibility index (Phi) is 2.75. The molecular formula is C11H8ClFN6. The Bertz CT molecular complexity index is 756. The largest absolute Gasteiger partial charge is 0.338 e. The van der Waals surface area contributed by atoms with Crippen LogP contribution in [0.3, 0.4) is 0 Å². The quantitative estimate of drug-likeness (QED) is 0.779. The molecule has 0 aliphatic heterocycles. The number of nitrogens with zero attached hydrogens (tertiary/aromatic N) is 5. The van der Waals surface area contributed by atoms with Crippen molar-refractivity contribution in [2.75, 3.05) is 5.32 Å². The molecule has 0 radical (unpaired) electrons. The van der Waals surface area contributed by atoms with Gasteiger partial charge in [0.2, 0.25) is 0 Å². The molecule has 3 rings (SSSR count). The van der Waals surface area contributed by atoms with Gasteiger partial charge in [0, 0.05) is 12.7 Å². The van der Waals surface area contributed by atoms with Crippen molar-refractivity contribution in [3.05, 3.63) is 35.4 Å². The monoisotopic (exact) mass is 278 g/mol. The van der Waals surface area contributed by atoms with E-state index in [9.17, 15) is 4.39 Å². The minimum absolute atomic E-state index is 0.0365. The number of hydrogen-bond donors (Lipinski definition) is 1. The van der Waals surface area contributed by atoms with Gasteiger partial charge < -0.3 is 5.32 Å². The number of rotatable bonds is 2. The van der Waals surface area contributed by atoms with Crippen molar-refractivity contribution in [2.24, 2.45) is 7.05 Å². The standard InChI is InChI=1S/C11H8ClFN6/c1-19-11-9(17-18-19)10(14-5-15-11)16-6-2-3-8(13)7(12)4-6/h2-5H,1H3,(H,14,15,16). The summed E-state index contributed by atoms with van der Waals surface area (Å²) >= 11 is 5.72. The number of benzene rings is 1. The Morgan fingerprint density at radius 1 is 1.32 bits per heavy atom. The van der Waals surface area contributed by atoms with Crippen LogP contribution in [0, 0.1) is 5.82 Å². The van der Waals surface area contributed by atoms with Gasteiger partial charge in [0.05, 0.1) is 5.02 Å². The fourth-order valence-corrected chi connectivity index (χ4v) is 1.84. The smallest absolute Gasteiger partial charge is 0.183 e. The Labute approximate surface area is 112 Å². The van der Waals surface area contributed by atoms with E-state index >= 15 is 0 Å². The summed E-state index contributed by atoms with van der Waals surface area (Å²) in [5.74, 6) is 0.0142. The number of fused-ring (bicyclic) bond motifs is 1. The maximum atomic E-state index is 13.1. The van der Waals surface area contributed by atoms with Crippen molar-refractivity contribution >= 4 is 34.3 Å². The molecule has 19 heavy (non-hydrogen) atoms. The third kappa shape index (κ3) is 2.08. The molecule has 96 valence electrons. The van der Waals surface area contributed by atoms with Gasteiger partial charge in [-0.25, -0.2) is 19.0 Å². The van der Waals surface area contributed by atoms with Crippen LogP contribution in [-0.2, 0) is 7.05 Å². The van der Waals surface area contributed by atoms with Gasteiger partial charge in [0.15, 0.2) is 17.0 Å². The van der Waals surface area contributed by atoms with E-state index in [-0.39, 0.29) is 5.02 Å². The van der Waals surface area contributed by atoms with E-state index in [4.69, 9.17) is 11.6 Å². The minimum Gasteiger partial charge on any atom is -0.338 e. The fraction of sp³-hybridized carbons (Fsp3) is 0.0909. The highest BCUT2D eigenvalue weighted by Crippen LogP contribution is 2.24. The van der Waals surface area contributed by atoms with Gasteiger partial charge >= 0.3 is 0 Å². The van der Waals surface area contributed by atoms with Crippen LogP contribution >= 0.6 is 11.6 Å². The van der Waals surface area contributed by atoms with Gasteiger partial charge in [0.25, 0.3) is 0 Å². The zero-order valence-electron chi connectivity index (χ0n) is 9.80. The lowest BCUT2D eigenvalue weighted by molar-refractivity contribution is 0.628. The lowest BCUT2D eigenvalue weighted by atomic mass is 10.3. The van der Waals surface area contributed by atoms with Crippen molar-refractivity contribution in [1.29, 1.82) is 0 Å². The van der Waals surface area contributed by atoms with Gasteiger partial charge in [0.1, 0.15) is 12.1 Å². The Morgan fingerprint density at radius 3 is 2.95 bits per heavy atom. The van der Waals surface area contributed by atoms with E-state index in [1.54, 1.807) is 17.8 Å². The zero-order valence-corrected chi connectivity index (χ0v) is 10.6. The summed E-state index contributed by atoms with van der Waals surface area (Å²) in [6.07, 6.45) is 1.40. The van der Waals surface area contributed by atoms with E-state index in [2.05, 4.69) is 25.6 Å². The molecule has 0 saturated heterocycles. The highest BCUT2D eigenvalue weighted by molar-refractivity contribution is 6.31. The highest BCUT2D eigenvalue weighted by atomic mass is 35.5. The number of aryl methyl sites for hydroxylation is 1. The van der Waals surface area contributed by atoms with Gasteiger partial charge in [-0.15, -0.1) is 5.10 Å². The lowest BCUT2D eigenvalue weighted by Gasteiger charge is -2.06. The summed E-state index contributed by atoms with van der Waals surface area (Å²) in [5, 5.41) is 10.9. The van der Waals surface area contributed by atoms with E-state index in [0.717, 1.165) is 0 Å². The normalized spacial score (nSPS) is 10.9. The number of aromatic nitrogens is 5. The van der Waals surface area contributed by atoms with Crippen molar-refractivity contribution in [2.45, 2.75) is 0 Å². The molecule has 0 fully saturated rings. The number of hydrogen-bond acceptors (Lipinski definition) is 5. The Hall–Kier alpha value is -2.28. The summed E-state index contributed by atoms with van der Waals surface area (Å²) in [7, 11) is 1.74. The Balaban J connectivity index is 2.03. The molecular weight excluding hydrogens is 271 g/mol. The molecule has 0 amide bonds. The van der Waals surface area contributed by atoms with Gasteiger partial charge in [-0.3, -0.25) is 0 Å². The predicted octanol–water partition coefficient (Wildman–Crippen LogP) is 2.29. The molecule has 0 aliphatic carbocycles. The zero-order chi connectivity index (χ0) is 13.4. The maximum absolute atomic E-state index is 13.1. The molecule has 0 aliphatic rings. The summed E-state index contributed by atoms with van der Waals surface area (Å²) < 4.78 is 14.6. The van der Waals surface area contributed by atoms with E-state index in [1.165, 1.54) is 18.5 Å². The lowest BCUT2D eigenvalue weighted by Crippen LogP contribution is -1.97. The van der Waals surface area contributed by atoms with Crippen LogP contribution in [0.25, 0.3) is 11.2 Å². The SMILES string of the molecule is Cn1nnc2c(Nc3ccc(F)c(Cl)c3)ncnc21. The van der Waals surface area contributed by atoms with Gasteiger partial charge in [-0.2, -0.15) is 0 Å². The molecule has 1 aromatic carbocycles. The van der Waals surface area contributed by atoms with Crippen LogP contribution in [0.15, 0.2) is 24.5 Å². The molecule has 8 heteroatoms. The molecule has 0 spiro atoms. The molecule has 1 N–H and O–H groups in total. The van der Waals surface area contributed by atoms with Crippen LogP contribution in [0.1, 0.15) is 0 Å². The first kappa shape index (κ1) is 11.8. The molecule has 0 unspecified atom stereocenters. The van der Waals surface area contributed by atoms with Gasteiger partial charge in [-0.1, -0.05) is 16.8 Å². The van der Waals surface area contributed by atoms with Crippen LogP contribution in [0.2, 0.25) is 5.02 Å². The number of nitrogens with one attached hydrogen (secondary N) is 1. The molecule has 0 atom stereocenters. The van der Waals surface area contributed by atoms with Crippen molar-refractivity contribution < 1.29 is 4.39 Å². The molecule has 0 bridgehead atoms. The van der Waals surface area contributed by atoms with Crippen LogP contribution in [0.5, 0.6) is 0 Å². The molecule has 2 aromatic heterocycles. The van der Waals surface area contributed by atoms with Crippen LogP contribution < -0.4 is 5.32 Å². The first-order chi connectivity index (χ1) is 9.15. The van der Waals surface area contributed by atoms with Crippen LogP contribution in [0.4, 0.5) is 15.9 Å². The van der Waals surface area contributed by atoms with E-state index in [1.807, 2.05) is 0 Å². The van der Waals surface area contributed by atoms with Crippen LogP contribution in [-0.4, -0.2) is 25.0 Å². The maximum Gasteiger partial charge on any atom is 0.183 e. The minimum atomic E-state index is -0.473. The summed E-state index contributed by atoms with van der Waals surface area (Å²) in [4.78, 5) is 8.17. The molecule has 0 saturated carbocycles. The third-order valence-electron chi connectivity index (χ3n) is 2.57. The molecule has 2 heterocycles. The second kappa shape index (κ2) is 4.43. The first-order valence-corrected chi connectivity index (χ1v) is 5.75. The number of halogens is 2. The number of anilines is 2. The average Bonchev–Trinajstić information content (AvgIpc) is 2.77. The summed E-state index contributed by atoms with van der Waals surface area (Å²) in [6.45, 7) is 0. The molecule has 3 aromatic rings. The summed E-state index contributed by atoms with van der Waals surface area (Å²) in [6, 6.07) is 4.31. The second-order valence-corrected chi connectivity index (χ2v) is 4.27. The van der Waals surface area contributed by atoms with E-state index in [0.29, 0.717) is 22.7 Å². The third-order valence-corrected chi connectivity index (χ3v) is 2.86. The fourth-order valence-electron chi connectivity index (χ4n) is 1.65. The Morgan fingerprint density at radius 2 is 2.16 bits per heavy atom. The van der Waals surface area contributed by atoms with E-state index < -0.39 is 5.82 Å².